The van der Waals surface area contributed by atoms with E-state index in [0.717, 1.165) is 36.5 Å². The highest BCUT2D eigenvalue weighted by Gasteiger charge is 2.15. The smallest absolute Gasteiger partial charge is 0.347 e. The van der Waals surface area contributed by atoms with Crippen LogP contribution >= 0.6 is 0 Å². The summed E-state index contributed by atoms with van der Waals surface area (Å²) in [6.45, 7) is 1.61. The van der Waals surface area contributed by atoms with Gasteiger partial charge < -0.3 is 20.6 Å². The van der Waals surface area contributed by atoms with Crippen molar-refractivity contribution in [3.63, 3.8) is 0 Å². The molecule has 1 aliphatic heterocycles. The number of H-pyrrole nitrogens is 2. The van der Waals surface area contributed by atoms with E-state index in [9.17, 15) is 4.79 Å². The van der Waals surface area contributed by atoms with Crippen molar-refractivity contribution >= 4 is 11.5 Å². The van der Waals surface area contributed by atoms with Crippen LogP contribution in [0.3, 0.4) is 0 Å². The molecule has 0 radical (unpaired) electrons. The quantitative estimate of drug-likeness (QED) is 0.606. The van der Waals surface area contributed by atoms with Gasteiger partial charge in [0.25, 0.3) is 0 Å². The minimum Gasteiger partial charge on any atom is -0.366 e. The molecule has 0 amide bonds. The lowest BCUT2D eigenvalue weighted by Gasteiger charge is -2.19. The highest BCUT2D eigenvalue weighted by atomic mass is 16.1. The topological polar surface area (TPSA) is 85.6 Å². The summed E-state index contributed by atoms with van der Waals surface area (Å²) in [5, 5.41) is 6.42. The van der Waals surface area contributed by atoms with Gasteiger partial charge in [-0.2, -0.15) is 4.98 Å². The van der Waals surface area contributed by atoms with Gasteiger partial charge in [-0.15, -0.1) is 0 Å². The third kappa shape index (κ3) is 1.94. The summed E-state index contributed by atoms with van der Waals surface area (Å²) in [5.41, 5.74) is 2.61. The number of hydrogen-bond donors (Lipinski definition) is 4. The zero-order chi connectivity index (χ0) is 11.7. The van der Waals surface area contributed by atoms with Crippen molar-refractivity contribution in [2.45, 2.75) is 13.0 Å². The Hall–Kier alpha value is -2.08. The van der Waals surface area contributed by atoms with Crippen LogP contribution in [0, 0.1) is 0 Å². The molecule has 0 unspecified atom stereocenters. The lowest BCUT2D eigenvalue weighted by atomic mass is 10.1. The van der Waals surface area contributed by atoms with E-state index in [1.54, 1.807) is 0 Å². The maximum absolute atomic E-state index is 11.5. The lowest BCUT2D eigenvalue weighted by molar-refractivity contribution is 0.624. The Kier molecular flexibility index (Phi) is 2.41. The number of hydrogen-bond acceptors (Lipinski definition) is 4. The van der Waals surface area contributed by atoms with E-state index in [2.05, 4.69) is 25.6 Å². The van der Waals surface area contributed by atoms with Gasteiger partial charge in [0.05, 0.1) is 5.69 Å². The molecule has 2 aromatic heterocycles. The maximum Gasteiger partial charge on any atom is 0.347 e. The molecule has 4 N–H and O–H groups in total. The van der Waals surface area contributed by atoms with Gasteiger partial charge in [0.2, 0.25) is 0 Å². The van der Waals surface area contributed by atoms with Gasteiger partial charge in [-0.3, -0.25) is 0 Å². The molecule has 88 valence electrons. The summed E-state index contributed by atoms with van der Waals surface area (Å²) in [7, 11) is 0. The van der Waals surface area contributed by atoms with Gasteiger partial charge >= 0.3 is 5.69 Å². The minimum atomic E-state index is -0.302. The van der Waals surface area contributed by atoms with E-state index in [1.807, 2.05) is 18.5 Å². The number of nitrogens with one attached hydrogen (secondary N) is 4. The summed E-state index contributed by atoms with van der Waals surface area (Å²) in [5.74, 6) is 0.635. The molecule has 0 aliphatic carbocycles. The summed E-state index contributed by atoms with van der Waals surface area (Å²) >= 11 is 0. The van der Waals surface area contributed by atoms with Crippen molar-refractivity contribution in [2.75, 3.05) is 11.9 Å². The third-order valence-electron chi connectivity index (χ3n) is 2.84. The fraction of sp³-hybridized carbons (Fsp3) is 0.273. The van der Waals surface area contributed by atoms with Crippen LogP contribution in [-0.4, -0.2) is 21.5 Å². The first-order valence-electron chi connectivity index (χ1n) is 5.55. The van der Waals surface area contributed by atoms with E-state index in [4.69, 9.17) is 0 Å². The summed E-state index contributed by atoms with van der Waals surface area (Å²) in [4.78, 5) is 21.2. The van der Waals surface area contributed by atoms with Crippen LogP contribution < -0.4 is 16.3 Å². The van der Waals surface area contributed by atoms with Gasteiger partial charge in [0, 0.05) is 43.2 Å². The molecule has 0 aromatic carbocycles. The third-order valence-corrected chi connectivity index (χ3v) is 2.84. The average Bonchev–Trinajstić information content (AvgIpc) is 2.81. The van der Waals surface area contributed by atoms with Crippen molar-refractivity contribution in [3.8, 4) is 0 Å². The molecule has 1 aliphatic rings. The van der Waals surface area contributed by atoms with Crippen LogP contribution in [0.15, 0.2) is 23.3 Å². The summed E-state index contributed by atoms with van der Waals surface area (Å²) < 4.78 is 0. The van der Waals surface area contributed by atoms with E-state index in [-0.39, 0.29) is 5.69 Å². The van der Waals surface area contributed by atoms with Gasteiger partial charge in [-0.25, -0.2) is 4.79 Å². The van der Waals surface area contributed by atoms with Gasteiger partial charge in [-0.1, -0.05) is 0 Å². The van der Waals surface area contributed by atoms with Crippen LogP contribution in [0.2, 0.25) is 0 Å². The fourth-order valence-corrected chi connectivity index (χ4v) is 2.02. The number of aromatic amines is 2. The second-order valence-electron chi connectivity index (χ2n) is 4.00. The number of anilines is 2. The zero-order valence-corrected chi connectivity index (χ0v) is 9.21. The largest absolute Gasteiger partial charge is 0.366 e. The highest BCUT2D eigenvalue weighted by Crippen LogP contribution is 2.20. The Morgan fingerprint density at radius 1 is 1.41 bits per heavy atom. The number of rotatable bonds is 2. The fourth-order valence-electron chi connectivity index (χ4n) is 2.02. The first-order chi connectivity index (χ1) is 8.33. The normalized spacial score (nSPS) is 14.4. The first kappa shape index (κ1) is 10.1. The molecule has 0 saturated carbocycles. The van der Waals surface area contributed by atoms with Crippen LogP contribution in [0.5, 0.6) is 0 Å². The molecule has 0 saturated heterocycles. The molecule has 0 fully saturated rings. The molecule has 2 aromatic rings. The van der Waals surface area contributed by atoms with Crippen LogP contribution in [0.4, 0.5) is 11.5 Å². The second-order valence-corrected chi connectivity index (χ2v) is 4.00. The Balaban J connectivity index is 2.03. The SMILES string of the molecule is O=c1nc(Nc2cc[nH]c2)c2c([nH]1)CCNC2. The molecule has 0 bridgehead atoms. The minimum absolute atomic E-state index is 0.302. The summed E-state index contributed by atoms with van der Waals surface area (Å²) in [6.07, 6.45) is 4.47. The second kappa shape index (κ2) is 4.06. The van der Waals surface area contributed by atoms with Crippen LogP contribution in [0.1, 0.15) is 11.3 Å². The monoisotopic (exact) mass is 231 g/mol. The molecule has 17 heavy (non-hydrogen) atoms. The Morgan fingerprint density at radius 3 is 3.18 bits per heavy atom. The predicted molar refractivity (Wildman–Crippen MR) is 64.3 cm³/mol. The molecule has 0 spiro atoms. The van der Waals surface area contributed by atoms with Gasteiger partial charge in [0.1, 0.15) is 5.82 Å². The van der Waals surface area contributed by atoms with E-state index in [0.29, 0.717) is 5.82 Å². The molecular formula is C11H13N5O. The molecule has 3 heterocycles. The van der Waals surface area contributed by atoms with Gasteiger partial charge in [-0.05, 0) is 6.07 Å². The Labute approximate surface area is 97.5 Å². The van der Waals surface area contributed by atoms with Gasteiger partial charge in [0.15, 0.2) is 0 Å². The molecular weight excluding hydrogens is 218 g/mol. The van der Waals surface area contributed by atoms with Crippen LogP contribution in [-0.2, 0) is 13.0 Å². The van der Waals surface area contributed by atoms with Crippen molar-refractivity contribution in [1.82, 2.24) is 20.3 Å². The Bertz CT molecular complexity index is 572. The first-order valence-corrected chi connectivity index (χ1v) is 5.55. The van der Waals surface area contributed by atoms with E-state index in [1.165, 1.54) is 0 Å². The molecule has 0 atom stereocenters. The average molecular weight is 231 g/mol. The zero-order valence-electron chi connectivity index (χ0n) is 9.21. The van der Waals surface area contributed by atoms with E-state index >= 15 is 0 Å². The molecule has 3 rings (SSSR count). The molecule has 6 heteroatoms. The number of aromatic nitrogens is 3. The number of fused-ring (bicyclic) bond motifs is 1. The van der Waals surface area contributed by atoms with Crippen molar-refractivity contribution in [1.29, 1.82) is 0 Å². The van der Waals surface area contributed by atoms with Crippen molar-refractivity contribution < 1.29 is 0 Å². The van der Waals surface area contributed by atoms with E-state index < -0.39 is 0 Å². The molecule has 6 nitrogen and oxygen atoms in total. The highest BCUT2D eigenvalue weighted by molar-refractivity contribution is 5.59. The summed E-state index contributed by atoms with van der Waals surface area (Å²) in [6, 6.07) is 1.89. The Morgan fingerprint density at radius 2 is 2.35 bits per heavy atom. The van der Waals surface area contributed by atoms with Crippen molar-refractivity contribution in [2.24, 2.45) is 0 Å². The maximum atomic E-state index is 11.5. The van der Waals surface area contributed by atoms with Crippen LogP contribution in [0.25, 0.3) is 0 Å². The predicted octanol–water partition coefficient (Wildman–Crippen LogP) is 0.487. The lowest BCUT2D eigenvalue weighted by Crippen LogP contribution is -2.29. The number of nitrogens with zero attached hydrogens (tertiary/aromatic N) is 1. The standard InChI is InChI=1S/C11H13N5O/c17-11-15-9-2-4-13-6-8(9)10(16-11)14-7-1-3-12-5-7/h1,3,5,12-13H,2,4,6H2,(H2,14,15,16,17). The van der Waals surface area contributed by atoms with Crippen molar-refractivity contribution in [3.05, 3.63) is 40.2 Å².